The molecule has 2 nitrogen and oxygen atoms in total. The van der Waals surface area contributed by atoms with Crippen LogP contribution in [0.4, 0.5) is 4.39 Å². The van der Waals surface area contributed by atoms with Gasteiger partial charge in [0.25, 0.3) is 0 Å². The molecule has 4 heteroatoms. The molecule has 0 saturated heterocycles. The normalized spacial score (nSPS) is 15.9. The molecule has 0 amide bonds. The number of ether oxygens (including phenoxy) is 1. The van der Waals surface area contributed by atoms with Crippen LogP contribution < -0.4 is 4.74 Å². The molecule has 1 unspecified atom stereocenters. The zero-order valence-electron chi connectivity index (χ0n) is 10.7. The first-order valence-electron chi connectivity index (χ1n) is 6.52. The number of aliphatic hydroxyl groups excluding tert-OH is 1. The molecule has 20 heavy (non-hydrogen) atoms. The maximum atomic E-state index is 13.3. The molecular formula is C16H14ClFO2. The quantitative estimate of drug-likeness (QED) is 0.919. The number of aliphatic hydroxyl groups is 1. The van der Waals surface area contributed by atoms with E-state index in [1.807, 2.05) is 12.1 Å². The van der Waals surface area contributed by atoms with Gasteiger partial charge in [-0.1, -0.05) is 23.7 Å². The van der Waals surface area contributed by atoms with E-state index in [4.69, 9.17) is 16.3 Å². The number of rotatable bonds is 4. The summed E-state index contributed by atoms with van der Waals surface area (Å²) in [4.78, 5) is 0. The third-order valence-corrected chi connectivity index (χ3v) is 3.42. The van der Waals surface area contributed by atoms with Crippen LogP contribution in [-0.4, -0.2) is 11.2 Å². The molecule has 3 rings (SSSR count). The van der Waals surface area contributed by atoms with Gasteiger partial charge in [-0.25, -0.2) is 4.39 Å². The molecule has 1 aliphatic rings. The number of halogens is 2. The van der Waals surface area contributed by atoms with Crippen molar-refractivity contribution < 1.29 is 14.2 Å². The Balaban J connectivity index is 1.86. The van der Waals surface area contributed by atoms with Crippen molar-refractivity contribution in [3.05, 3.63) is 64.4 Å². The van der Waals surface area contributed by atoms with E-state index in [0.29, 0.717) is 17.2 Å². The topological polar surface area (TPSA) is 29.5 Å². The molecule has 1 fully saturated rings. The van der Waals surface area contributed by atoms with E-state index < -0.39 is 11.9 Å². The molecule has 0 radical (unpaired) electrons. The van der Waals surface area contributed by atoms with Crippen LogP contribution in [0, 0.1) is 5.82 Å². The van der Waals surface area contributed by atoms with Crippen LogP contribution >= 0.6 is 11.6 Å². The lowest BCUT2D eigenvalue weighted by Crippen LogP contribution is -2.02. The van der Waals surface area contributed by atoms with Crippen molar-refractivity contribution in [2.75, 3.05) is 0 Å². The minimum Gasteiger partial charge on any atom is -0.490 e. The van der Waals surface area contributed by atoms with E-state index in [2.05, 4.69) is 0 Å². The lowest BCUT2D eigenvalue weighted by molar-refractivity contribution is 0.218. The van der Waals surface area contributed by atoms with Crippen LogP contribution in [0.25, 0.3) is 0 Å². The fraction of sp³-hybridized carbons (Fsp3) is 0.250. The molecule has 0 bridgehead atoms. The molecule has 2 aromatic carbocycles. The van der Waals surface area contributed by atoms with Gasteiger partial charge < -0.3 is 9.84 Å². The Hall–Kier alpha value is -1.58. The molecule has 1 atom stereocenters. The highest BCUT2D eigenvalue weighted by atomic mass is 35.5. The minimum absolute atomic E-state index is 0.268. The number of hydrogen-bond donors (Lipinski definition) is 1. The van der Waals surface area contributed by atoms with Gasteiger partial charge in [-0.15, -0.1) is 0 Å². The maximum Gasteiger partial charge on any atom is 0.125 e. The van der Waals surface area contributed by atoms with E-state index in [1.54, 1.807) is 18.2 Å². The average molecular weight is 293 g/mol. The summed E-state index contributed by atoms with van der Waals surface area (Å²) in [5.74, 6) is 0.267. The molecule has 0 heterocycles. The van der Waals surface area contributed by atoms with Gasteiger partial charge in [0, 0.05) is 5.02 Å². The monoisotopic (exact) mass is 292 g/mol. The zero-order valence-corrected chi connectivity index (χ0v) is 11.5. The SMILES string of the molecule is OC(c1cc(F)cc(Cl)c1)c1cccc(OC2CC2)c1. The fourth-order valence-electron chi connectivity index (χ4n) is 2.06. The van der Waals surface area contributed by atoms with Gasteiger partial charge in [0.15, 0.2) is 0 Å². The fourth-order valence-corrected chi connectivity index (χ4v) is 2.29. The van der Waals surface area contributed by atoms with Crippen LogP contribution in [-0.2, 0) is 0 Å². The van der Waals surface area contributed by atoms with Gasteiger partial charge in [0.2, 0.25) is 0 Å². The zero-order chi connectivity index (χ0) is 14.1. The number of hydrogen-bond acceptors (Lipinski definition) is 2. The summed E-state index contributed by atoms with van der Waals surface area (Å²) in [6, 6.07) is 11.3. The average Bonchev–Trinajstić information content (AvgIpc) is 3.21. The van der Waals surface area contributed by atoms with Gasteiger partial charge in [0.1, 0.15) is 17.7 Å². The van der Waals surface area contributed by atoms with Crippen molar-refractivity contribution in [3.63, 3.8) is 0 Å². The van der Waals surface area contributed by atoms with Crippen molar-refractivity contribution in [2.45, 2.75) is 25.0 Å². The van der Waals surface area contributed by atoms with Gasteiger partial charge in [0.05, 0.1) is 6.10 Å². The Labute approximate surface area is 121 Å². The van der Waals surface area contributed by atoms with Crippen molar-refractivity contribution in [2.24, 2.45) is 0 Å². The smallest absolute Gasteiger partial charge is 0.125 e. The summed E-state index contributed by atoms with van der Waals surface area (Å²) in [5, 5.41) is 10.6. The van der Waals surface area contributed by atoms with E-state index in [-0.39, 0.29) is 5.02 Å². The third-order valence-electron chi connectivity index (χ3n) is 3.20. The summed E-state index contributed by atoms with van der Waals surface area (Å²) >= 11 is 5.81. The molecule has 1 saturated carbocycles. The van der Waals surface area contributed by atoms with Crippen LogP contribution in [0.1, 0.15) is 30.1 Å². The molecule has 0 spiro atoms. The summed E-state index contributed by atoms with van der Waals surface area (Å²) < 4.78 is 19.0. The Morgan fingerprint density at radius 2 is 1.95 bits per heavy atom. The summed E-state index contributed by atoms with van der Waals surface area (Å²) in [6.07, 6.45) is 1.52. The minimum atomic E-state index is -0.925. The third kappa shape index (κ3) is 3.11. The van der Waals surface area contributed by atoms with E-state index >= 15 is 0 Å². The maximum absolute atomic E-state index is 13.3. The second kappa shape index (κ2) is 5.43. The van der Waals surface area contributed by atoms with Crippen molar-refractivity contribution in [3.8, 4) is 5.75 Å². The second-order valence-corrected chi connectivity index (χ2v) is 5.43. The lowest BCUT2D eigenvalue weighted by Gasteiger charge is -2.13. The van der Waals surface area contributed by atoms with Gasteiger partial charge >= 0.3 is 0 Å². The molecule has 0 aromatic heterocycles. The van der Waals surface area contributed by atoms with Crippen LogP contribution in [0.5, 0.6) is 5.75 Å². The summed E-state index contributed by atoms with van der Waals surface area (Å²) in [5.41, 5.74) is 1.09. The lowest BCUT2D eigenvalue weighted by atomic mass is 10.0. The molecule has 1 aliphatic carbocycles. The second-order valence-electron chi connectivity index (χ2n) is 5.00. The number of benzene rings is 2. The summed E-state index contributed by atoms with van der Waals surface area (Å²) in [6.45, 7) is 0. The van der Waals surface area contributed by atoms with Crippen LogP contribution in [0.2, 0.25) is 5.02 Å². The van der Waals surface area contributed by atoms with Crippen molar-refractivity contribution in [1.29, 1.82) is 0 Å². The van der Waals surface area contributed by atoms with Gasteiger partial charge in [-0.2, -0.15) is 0 Å². The molecule has 1 N–H and O–H groups in total. The van der Waals surface area contributed by atoms with Crippen LogP contribution in [0.3, 0.4) is 0 Å². The first-order valence-corrected chi connectivity index (χ1v) is 6.90. The van der Waals surface area contributed by atoms with Gasteiger partial charge in [-0.3, -0.25) is 0 Å². The van der Waals surface area contributed by atoms with E-state index in [1.165, 1.54) is 12.1 Å². The van der Waals surface area contributed by atoms with Gasteiger partial charge in [-0.05, 0) is 54.3 Å². The first-order chi connectivity index (χ1) is 9.61. The highest BCUT2D eigenvalue weighted by Gasteiger charge is 2.23. The highest BCUT2D eigenvalue weighted by Crippen LogP contribution is 2.30. The molecule has 104 valence electrons. The Bertz CT molecular complexity index is 605. The van der Waals surface area contributed by atoms with Crippen molar-refractivity contribution in [1.82, 2.24) is 0 Å². The Morgan fingerprint density at radius 3 is 2.65 bits per heavy atom. The van der Waals surface area contributed by atoms with E-state index in [0.717, 1.165) is 18.6 Å². The standard InChI is InChI=1S/C16H14ClFO2/c17-12-6-11(7-13(18)9-12)16(19)10-2-1-3-15(8-10)20-14-4-5-14/h1-3,6-9,14,16,19H,4-5H2. The largest absolute Gasteiger partial charge is 0.490 e. The molecule has 0 aliphatic heterocycles. The molecular weight excluding hydrogens is 279 g/mol. The van der Waals surface area contributed by atoms with Crippen LogP contribution in [0.15, 0.2) is 42.5 Å². The first kappa shape index (κ1) is 13.4. The highest BCUT2D eigenvalue weighted by molar-refractivity contribution is 6.30. The molecule has 2 aromatic rings. The summed E-state index contributed by atoms with van der Waals surface area (Å²) in [7, 11) is 0. The Morgan fingerprint density at radius 1 is 1.15 bits per heavy atom. The van der Waals surface area contributed by atoms with Crippen molar-refractivity contribution >= 4 is 11.6 Å². The predicted molar refractivity (Wildman–Crippen MR) is 75.6 cm³/mol. The van der Waals surface area contributed by atoms with E-state index in [9.17, 15) is 9.50 Å². The Kier molecular flexibility index (Phi) is 3.64. The predicted octanol–water partition coefficient (Wildman–Crippen LogP) is 4.10.